The summed E-state index contributed by atoms with van der Waals surface area (Å²) in [5.41, 5.74) is -4.32. The molecule has 0 aromatic heterocycles. The lowest BCUT2D eigenvalue weighted by Gasteiger charge is -2.12. The first kappa shape index (κ1) is 45.0. The summed E-state index contributed by atoms with van der Waals surface area (Å²) in [4.78, 5) is 11.0. The van der Waals surface area contributed by atoms with Gasteiger partial charge in [-0.2, -0.15) is 13.2 Å². The van der Waals surface area contributed by atoms with E-state index in [4.69, 9.17) is 0 Å². The van der Waals surface area contributed by atoms with Crippen LogP contribution in [0.3, 0.4) is 0 Å². The number of hydrogen-bond donors (Lipinski definition) is 0. The molecule has 0 fully saturated rings. The number of methoxy groups -OCH3 is 1. The minimum atomic E-state index is -5.48. The van der Waals surface area contributed by atoms with E-state index in [-0.39, 0.29) is 5.97 Å². The van der Waals surface area contributed by atoms with Gasteiger partial charge in [-0.25, -0.2) is 61.9 Å². The summed E-state index contributed by atoms with van der Waals surface area (Å²) >= 11 is 0. The predicted molar refractivity (Wildman–Crippen MR) is 155 cm³/mol. The molecule has 0 aliphatic carbocycles. The van der Waals surface area contributed by atoms with Gasteiger partial charge in [0.1, 0.15) is 5.56 Å². The van der Waals surface area contributed by atoms with E-state index in [1.165, 1.54) is 7.11 Å². The van der Waals surface area contributed by atoms with Crippen LogP contribution < -0.4 is 0 Å². The Morgan fingerprint density at radius 1 is 0.615 bits per heavy atom. The monoisotopic (exact) mass is 768 g/mol. The molecule has 0 amide bonds. The van der Waals surface area contributed by atoms with Crippen molar-refractivity contribution in [2.45, 2.75) is 40.3 Å². The maximum Gasteiger partial charge on any atom is 0.422 e. The highest BCUT2D eigenvalue weighted by atomic mass is 19.4. The minimum absolute atomic E-state index is 0.275. The molecule has 4 aromatic rings. The number of halogens is 16. The zero-order chi connectivity index (χ0) is 40.6. The second-order valence-corrected chi connectivity index (χ2v) is 9.96. The summed E-state index contributed by atoms with van der Waals surface area (Å²) < 4.78 is 205. The molecule has 0 saturated carbocycles. The first-order valence-electron chi connectivity index (χ1n) is 13.9. The van der Waals surface area contributed by atoms with E-state index in [0.717, 1.165) is 32.4 Å². The Morgan fingerprint density at radius 2 is 0.981 bits per heavy atom. The Hall–Kier alpha value is -5.03. The van der Waals surface area contributed by atoms with Crippen LogP contribution in [0.1, 0.15) is 50.7 Å². The maximum absolute atomic E-state index is 13.0. The summed E-state index contributed by atoms with van der Waals surface area (Å²) in [5, 5.41) is 0. The average Bonchev–Trinajstić information content (AvgIpc) is 3.10. The quantitative estimate of drug-likeness (QED) is 0.0898. The van der Waals surface area contributed by atoms with E-state index in [2.05, 4.69) is 11.3 Å². The standard InChI is InChI=1S/C9H5F7.C9H6F4.C9H10O2.C7H3F5/c1-2-3-5(10)7(12)4(9(14,15)16)8(13)6(3)11;1-3-5-8(12)6(10)4(2)7(11)9(5)13;1-7-5-3-4-6-8(7)9(10)11-2;1-2-3(8)5(10)7(12)6(11)4(2)9/h2H2,1H3;3H,1H2,2H3;3-6H,1-2H3;1H3. The van der Waals surface area contributed by atoms with Gasteiger partial charge in [0.25, 0.3) is 0 Å². The van der Waals surface area contributed by atoms with Crippen molar-refractivity contribution in [1.29, 1.82) is 0 Å². The van der Waals surface area contributed by atoms with Crippen molar-refractivity contribution in [3.05, 3.63) is 145 Å². The molecule has 0 unspecified atom stereocenters. The number of carbonyl (C=O) groups is 1. The summed E-state index contributed by atoms with van der Waals surface area (Å²) in [6, 6.07) is 7.34. The molecule has 2 nitrogen and oxygen atoms in total. The van der Waals surface area contributed by atoms with E-state index < -0.39 is 116 Å². The van der Waals surface area contributed by atoms with E-state index in [1.807, 2.05) is 25.1 Å². The predicted octanol–water partition coefficient (Wildman–Crippen LogP) is 11.5. The van der Waals surface area contributed by atoms with Gasteiger partial charge in [-0.05, 0) is 38.8 Å². The topological polar surface area (TPSA) is 26.3 Å². The molecule has 0 radical (unpaired) electrons. The highest BCUT2D eigenvalue weighted by Crippen LogP contribution is 2.37. The molecule has 0 aliphatic rings. The summed E-state index contributed by atoms with van der Waals surface area (Å²) in [5.74, 6) is -24.2. The van der Waals surface area contributed by atoms with Gasteiger partial charge in [-0.3, -0.25) is 0 Å². The number of ether oxygens (including phenoxy) is 1. The van der Waals surface area contributed by atoms with Crippen LogP contribution in [0.15, 0.2) is 30.8 Å². The van der Waals surface area contributed by atoms with Crippen molar-refractivity contribution in [1.82, 2.24) is 0 Å². The minimum Gasteiger partial charge on any atom is -0.465 e. The van der Waals surface area contributed by atoms with E-state index in [9.17, 15) is 75.0 Å². The van der Waals surface area contributed by atoms with Crippen molar-refractivity contribution in [3.63, 3.8) is 0 Å². The molecule has 52 heavy (non-hydrogen) atoms. The number of benzene rings is 4. The van der Waals surface area contributed by atoms with Gasteiger partial charge in [-0.1, -0.05) is 37.8 Å². The van der Waals surface area contributed by atoms with Crippen LogP contribution >= 0.6 is 0 Å². The molecule has 284 valence electrons. The van der Waals surface area contributed by atoms with Crippen molar-refractivity contribution in [2.75, 3.05) is 7.11 Å². The normalized spacial score (nSPS) is 10.6. The van der Waals surface area contributed by atoms with Crippen molar-refractivity contribution in [2.24, 2.45) is 0 Å². The number of hydrogen-bond acceptors (Lipinski definition) is 2. The van der Waals surface area contributed by atoms with Crippen LogP contribution in [-0.2, 0) is 17.3 Å². The lowest BCUT2D eigenvalue weighted by molar-refractivity contribution is -0.143. The SMILES string of the molecule is C=Cc1c(F)c(F)c(C)c(F)c1F.CCc1c(F)c(F)c(C(F)(F)F)c(F)c1F.COC(=O)c1ccccc1C.Cc1c(F)c(F)c(F)c(F)c1F. The van der Waals surface area contributed by atoms with Crippen molar-refractivity contribution >= 4 is 12.0 Å². The lowest BCUT2D eigenvalue weighted by Crippen LogP contribution is -2.16. The van der Waals surface area contributed by atoms with E-state index in [0.29, 0.717) is 5.56 Å². The zero-order valence-corrected chi connectivity index (χ0v) is 27.2. The maximum atomic E-state index is 13.0. The largest absolute Gasteiger partial charge is 0.465 e. The van der Waals surface area contributed by atoms with Crippen LogP contribution in [-0.4, -0.2) is 13.1 Å². The van der Waals surface area contributed by atoms with Crippen molar-refractivity contribution < 1.29 is 79.8 Å². The highest BCUT2D eigenvalue weighted by molar-refractivity contribution is 5.90. The third-order valence-corrected chi connectivity index (χ3v) is 6.69. The number of rotatable bonds is 3. The Bertz CT molecular complexity index is 1790. The number of aryl methyl sites for hydroxylation is 1. The smallest absolute Gasteiger partial charge is 0.422 e. The molecule has 4 rings (SSSR count). The van der Waals surface area contributed by atoms with Gasteiger partial charge in [0.05, 0.1) is 18.2 Å². The summed E-state index contributed by atoms with van der Waals surface area (Å²) in [7, 11) is 1.38. The zero-order valence-electron chi connectivity index (χ0n) is 27.2. The lowest BCUT2D eigenvalue weighted by atomic mass is 10.1. The van der Waals surface area contributed by atoms with Crippen LogP contribution in [0.2, 0.25) is 0 Å². The molecule has 0 heterocycles. The highest BCUT2D eigenvalue weighted by Gasteiger charge is 2.42. The Balaban J connectivity index is 0.000000350. The Kier molecular flexibility index (Phi) is 16.0. The fraction of sp³-hybridized carbons (Fsp3) is 0.206. The molecule has 0 aliphatic heterocycles. The van der Waals surface area contributed by atoms with Gasteiger partial charge >= 0.3 is 12.1 Å². The fourth-order valence-corrected chi connectivity index (χ4v) is 3.80. The number of alkyl halides is 3. The second kappa shape index (κ2) is 18.5. The first-order chi connectivity index (χ1) is 23.9. The van der Waals surface area contributed by atoms with Crippen LogP contribution in [0, 0.1) is 96.4 Å². The van der Waals surface area contributed by atoms with Gasteiger partial charge in [0, 0.05) is 16.7 Å². The molecule has 4 aromatic carbocycles. The fourth-order valence-electron chi connectivity index (χ4n) is 3.80. The molecular weight excluding hydrogens is 744 g/mol. The van der Waals surface area contributed by atoms with Crippen molar-refractivity contribution in [3.8, 4) is 0 Å². The molecular formula is C34H24F16O2. The first-order valence-corrected chi connectivity index (χ1v) is 13.9. The molecule has 0 spiro atoms. The van der Waals surface area contributed by atoms with Gasteiger partial charge in [-0.15, -0.1) is 0 Å². The van der Waals surface area contributed by atoms with Crippen LogP contribution in [0.25, 0.3) is 6.08 Å². The van der Waals surface area contributed by atoms with Gasteiger partial charge in [0.2, 0.25) is 5.82 Å². The summed E-state index contributed by atoms with van der Waals surface area (Å²) in [6.45, 7) is 7.87. The van der Waals surface area contributed by atoms with E-state index >= 15 is 0 Å². The second-order valence-electron chi connectivity index (χ2n) is 9.96. The average molecular weight is 769 g/mol. The van der Waals surface area contributed by atoms with Crippen LogP contribution in [0.4, 0.5) is 70.2 Å². The third kappa shape index (κ3) is 9.85. The molecule has 0 N–H and O–H groups in total. The summed E-state index contributed by atoms with van der Waals surface area (Å²) in [6.07, 6.45) is -5.21. The molecule has 0 saturated heterocycles. The Morgan fingerprint density at radius 3 is 1.31 bits per heavy atom. The Labute approximate surface area is 285 Å². The number of esters is 1. The molecule has 0 atom stereocenters. The molecule has 0 bridgehead atoms. The van der Waals surface area contributed by atoms with E-state index in [1.54, 1.807) is 6.07 Å². The molecule has 18 heteroatoms. The van der Waals surface area contributed by atoms with Gasteiger partial charge < -0.3 is 4.74 Å². The third-order valence-electron chi connectivity index (χ3n) is 6.69. The van der Waals surface area contributed by atoms with Crippen LogP contribution in [0.5, 0.6) is 0 Å². The number of carbonyl (C=O) groups excluding carboxylic acids is 1. The van der Waals surface area contributed by atoms with Gasteiger partial charge in [0.15, 0.2) is 69.8 Å².